The number of hydrogen-bond acceptors (Lipinski definition) is 1. The number of hydrogen-bond donors (Lipinski definition) is 2. The maximum atomic E-state index is 5.49. The standard InChI is InChI=1S/C22H23BrN4O/c23-18-8-6-17(7-9-18)21-16-27-20-5-2-1-4-19(20)24-22(27)26(21)11-3-10-25-12-14-28-15-13-25/h1-2,4-9,16H,3,10-15H2/p+2. The van der Waals surface area contributed by atoms with E-state index in [9.17, 15) is 0 Å². The Morgan fingerprint density at radius 3 is 2.68 bits per heavy atom. The summed E-state index contributed by atoms with van der Waals surface area (Å²) in [4.78, 5) is 5.28. The monoisotopic (exact) mass is 440 g/mol. The number of ether oxygens (including phenoxy) is 1. The molecule has 1 aliphatic rings. The van der Waals surface area contributed by atoms with Gasteiger partial charge < -0.3 is 9.64 Å². The molecule has 1 saturated heterocycles. The Bertz CT molecular complexity index is 1090. The number of aryl methyl sites for hydroxylation is 1. The fourth-order valence-electron chi connectivity index (χ4n) is 4.19. The van der Waals surface area contributed by atoms with Crippen LogP contribution in [0.4, 0.5) is 0 Å². The molecule has 144 valence electrons. The molecule has 0 unspecified atom stereocenters. The first-order valence-electron chi connectivity index (χ1n) is 9.98. The van der Waals surface area contributed by atoms with E-state index in [4.69, 9.17) is 4.74 Å². The number of morpholine rings is 1. The highest BCUT2D eigenvalue weighted by Gasteiger charge is 2.22. The minimum absolute atomic E-state index is 0.894. The number of aromatic nitrogens is 3. The average Bonchev–Trinajstić information content (AvgIpc) is 3.26. The summed E-state index contributed by atoms with van der Waals surface area (Å²) in [5.74, 6) is 1.15. The number of fused-ring (bicyclic) bond motifs is 3. The zero-order valence-electron chi connectivity index (χ0n) is 15.8. The van der Waals surface area contributed by atoms with Gasteiger partial charge in [-0.15, -0.1) is 0 Å². The van der Waals surface area contributed by atoms with E-state index >= 15 is 0 Å². The molecule has 0 amide bonds. The molecule has 2 aromatic heterocycles. The highest BCUT2D eigenvalue weighted by atomic mass is 79.9. The molecule has 0 aliphatic carbocycles. The lowest BCUT2D eigenvalue weighted by Gasteiger charge is -2.23. The van der Waals surface area contributed by atoms with Crippen LogP contribution in [-0.2, 0) is 11.3 Å². The van der Waals surface area contributed by atoms with Crippen LogP contribution in [0.3, 0.4) is 0 Å². The number of halogens is 1. The van der Waals surface area contributed by atoms with Crippen molar-refractivity contribution >= 4 is 32.7 Å². The van der Waals surface area contributed by atoms with Crippen LogP contribution in [0.2, 0.25) is 0 Å². The predicted molar refractivity (Wildman–Crippen MR) is 114 cm³/mol. The van der Waals surface area contributed by atoms with E-state index in [1.807, 2.05) is 0 Å². The molecule has 5 rings (SSSR count). The number of benzene rings is 2. The molecular formula is C22H25BrN4O+2. The summed E-state index contributed by atoms with van der Waals surface area (Å²) in [6.45, 7) is 6.23. The summed E-state index contributed by atoms with van der Waals surface area (Å²) in [6, 6.07) is 17.1. The molecule has 1 aliphatic heterocycles. The maximum absolute atomic E-state index is 5.49. The van der Waals surface area contributed by atoms with Crippen molar-refractivity contribution in [3.63, 3.8) is 0 Å². The first kappa shape index (κ1) is 17.9. The number of nitrogens with zero attached hydrogens (tertiary/aromatic N) is 2. The van der Waals surface area contributed by atoms with Crippen molar-refractivity contribution in [1.82, 2.24) is 9.55 Å². The van der Waals surface area contributed by atoms with Gasteiger partial charge in [0.15, 0.2) is 0 Å². The van der Waals surface area contributed by atoms with Gasteiger partial charge >= 0.3 is 5.78 Å². The largest absolute Gasteiger partial charge is 0.370 e. The molecule has 0 saturated carbocycles. The number of nitrogens with one attached hydrogen (secondary N) is 2. The van der Waals surface area contributed by atoms with Gasteiger partial charge in [0, 0.05) is 16.5 Å². The third-order valence-electron chi connectivity index (χ3n) is 5.69. The highest BCUT2D eigenvalue weighted by Crippen LogP contribution is 2.24. The van der Waals surface area contributed by atoms with Gasteiger partial charge in [0.05, 0.1) is 26.3 Å². The molecule has 1 fully saturated rings. The Hall–Kier alpha value is -2.15. The minimum atomic E-state index is 0.894. The van der Waals surface area contributed by atoms with Crippen molar-refractivity contribution in [1.29, 1.82) is 0 Å². The number of imidazole rings is 2. The normalized spacial score (nSPS) is 15.6. The van der Waals surface area contributed by atoms with E-state index in [1.165, 1.54) is 28.8 Å². The van der Waals surface area contributed by atoms with E-state index in [0.29, 0.717) is 0 Å². The molecule has 0 spiro atoms. The summed E-state index contributed by atoms with van der Waals surface area (Å²) in [7, 11) is 0. The molecular weight excluding hydrogens is 416 g/mol. The molecule has 0 bridgehead atoms. The second-order valence-corrected chi connectivity index (χ2v) is 8.39. The zero-order valence-corrected chi connectivity index (χ0v) is 17.4. The van der Waals surface area contributed by atoms with Crippen LogP contribution < -0.4 is 9.30 Å². The Balaban J connectivity index is 1.51. The Kier molecular flexibility index (Phi) is 4.93. The summed E-state index contributed by atoms with van der Waals surface area (Å²) in [5, 5.41) is 0. The van der Waals surface area contributed by atoms with Crippen molar-refractivity contribution < 1.29 is 14.0 Å². The van der Waals surface area contributed by atoms with Crippen molar-refractivity contribution in [2.24, 2.45) is 0 Å². The topological polar surface area (TPSA) is 38.5 Å². The molecule has 28 heavy (non-hydrogen) atoms. The van der Waals surface area contributed by atoms with Gasteiger partial charge in [0.1, 0.15) is 36.0 Å². The minimum Gasteiger partial charge on any atom is -0.370 e. The van der Waals surface area contributed by atoms with Crippen molar-refractivity contribution in [3.8, 4) is 11.3 Å². The van der Waals surface area contributed by atoms with E-state index in [2.05, 4.69) is 84.6 Å². The molecule has 3 heterocycles. The molecule has 0 radical (unpaired) electrons. The molecule has 4 aromatic rings. The van der Waals surface area contributed by atoms with Crippen molar-refractivity contribution in [2.45, 2.75) is 13.0 Å². The highest BCUT2D eigenvalue weighted by molar-refractivity contribution is 9.10. The summed E-state index contributed by atoms with van der Waals surface area (Å²) in [6.07, 6.45) is 3.41. The van der Waals surface area contributed by atoms with Gasteiger partial charge in [-0.2, -0.15) is 4.40 Å². The Labute approximate surface area is 172 Å². The number of quaternary nitrogens is 1. The van der Waals surface area contributed by atoms with Gasteiger partial charge in [-0.05, 0) is 24.3 Å². The van der Waals surface area contributed by atoms with Crippen LogP contribution in [0.5, 0.6) is 0 Å². The Morgan fingerprint density at radius 2 is 1.86 bits per heavy atom. The van der Waals surface area contributed by atoms with Crippen LogP contribution in [0, 0.1) is 0 Å². The fourth-order valence-corrected chi connectivity index (χ4v) is 4.46. The smallest absolute Gasteiger partial charge is 0.368 e. The number of rotatable bonds is 5. The van der Waals surface area contributed by atoms with Crippen molar-refractivity contribution in [2.75, 3.05) is 32.8 Å². The van der Waals surface area contributed by atoms with Crippen LogP contribution >= 0.6 is 15.9 Å². The molecule has 5 nitrogen and oxygen atoms in total. The van der Waals surface area contributed by atoms with Crippen LogP contribution in [-0.4, -0.2) is 42.4 Å². The average molecular weight is 441 g/mol. The van der Waals surface area contributed by atoms with E-state index in [-0.39, 0.29) is 0 Å². The second kappa shape index (κ2) is 7.70. The molecule has 0 atom stereocenters. The number of aromatic amines is 1. The maximum Gasteiger partial charge on any atom is 0.368 e. The molecule has 2 aromatic carbocycles. The third-order valence-corrected chi connectivity index (χ3v) is 6.22. The lowest BCUT2D eigenvalue weighted by molar-refractivity contribution is -0.908. The predicted octanol–water partition coefficient (Wildman–Crippen LogP) is 2.44. The fraction of sp³-hybridized carbons (Fsp3) is 0.318. The summed E-state index contributed by atoms with van der Waals surface area (Å²) in [5.41, 5.74) is 4.88. The quantitative estimate of drug-likeness (QED) is 0.459. The second-order valence-electron chi connectivity index (χ2n) is 7.47. The molecule has 2 N–H and O–H groups in total. The Morgan fingerprint density at radius 1 is 1.07 bits per heavy atom. The van der Waals surface area contributed by atoms with Crippen LogP contribution in [0.25, 0.3) is 28.1 Å². The lowest BCUT2D eigenvalue weighted by atomic mass is 10.1. The zero-order chi connectivity index (χ0) is 18.9. The first-order valence-corrected chi connectivity index (χ1v) is 10.8. The van der Waals surface area contributed by atoms with Crippen LogP contribution in [0.1, 0.15) is 6.42 Å². The first-order chi connectivity index (χ1) is 13.8. The number of H-pyrrole nitrogens is 1. The van der Waals surface area contributed by atoms with Crippen molar-refractivity contribution in [3.05, 3.63) is 59.2 Å². The number of para-hydroxylation sites is 2. The SMILES string of the molecule is Brc1ccc(-c2c[n+]3c4ccccc4[nH]c3n2CCC[NH+]2CCOCC2)cc1. The third kappa shape index (κ3) is 3.36. The summed E-state index contributed by atoms with van der Waals surface area (Å²) >= 11 is 3.55. The molecule has 6 heteroatoms. The summed E-state index contributed by atoms with van der Waals surface area (Å²) < 4.78 is 11.3. The van der Waals surface area contributed by atoms with E-state index in [0.717, 1.165) is 49.5 Å². The van der Waals surface area contributed by atoms with Gasteiger partial charge in [-0.1, -0.05) is 40.2 Å². The lowest BCUT2D eigenvalue weighted by Crippen LogP contribution is -3.14. The van der Waals surface area contributed by atoms with E-state index in [1.54, 1.807) is 4.90 Å². The van der Waals surface area contributed by atoms with E-state index < -0.39 is 0 Å². The van der Waals surface area contributed by atoms with Gasteiger partial charge in [0.25, 0.3) is 0 Å². The van der Waals surface area contributed by atoms with Gasteiger partial charge in [-0.25, -0.2) is 9.55 Å². The van der Waals surface area contributed by atoms with Gasteiger partial charge in [-0.3, -0.25) is 0 Å². The van der Waals surface area contributed by atoms with Gasteiger partial charge in [0.2, 0.25) is 0 Å². The van der Waals surface area contributed by atoms with Crippen LogP contribution in [0.15, 0.2) is 59.2 Å².